The lowest BCUT2D eigenvalue weighted by Gasteiger charge is -2.33. The topological polar surface area (TPSA) is 589 Å². The number of benzene rings is 8. The quantitative estimate of drug-likeness (QED) is 0.00393. The van der Waals surface area contributed by atoms with Gasteiger partial charge < -0.3 is 60.0 Å². The van der Waals surface area contributed by atoms with Gasteiger partial charge in [-0.2, -0.15) is 64.9 Å². The first-order chi connectivity index (χ1) is 69.2. The zero-order valence-electron chi connectivity index (χ0n) is 76.9. The largest absolute Gasteiger partial charge is 0.465 e. The summed E-state index contributed by atoms with van der Waals surface area (Å²) in [5.74, 6) is -9.63. The second kappa shape index (κ2) is 42.5. The van der Waals surface area contributed by atoms with Crippen molar-refractivity contribution in [1.82, 2.24) is 39.0 Å². The van der Waals surface area contributed by atoms with Crippen molar-refractivity contribution < 1.29 is 145 Å². The molecular formula is C94H80N14O33S3. The van der Waals surface area contributed by atoms with Crippen LogP contribution >= 0.6 is 0 Å². The van der Waals surface area contributed by atoms with E-state index in [1.807, 2.05) is 13.0 Å². The molecular weight excluding hydrogens is 1950 g/mol. The number of hydrogen-bond donors (Lipinski definition) is 6. The maximum atomic E-state index is 15.4. The summed E-state index contributed by atoms with van der Waals surface area (Å²) >= 11 is 0. The van der Waals surface area contributed by atoms with Crippen LogP contribution in [0.15, 0.2) is 206 Å². The number of aromatic nitrogens is 8. The van der Waals surface area contributed by atoms with E-state index in [1.165, 1.54) is 117 Å². The van der Waals surface area contributed by atoms with Gasteiger partial charge in [0, 0.05) is 92.4 Å². The van der Waals surface area contributed by atoms with E-state index in [0.29, 0.717) is 16.5 Å². The summed E-state index contributed by atoms with van der Waals surface area (Å²) in [6, 6.07) is 29.5. The molecule has 4 aliphatic carbocycles. The fourth-order valence-corrected chi connectivity index (χ4v) is 19.2. The molecule has 16 rings (SSSR count). The van der Waals surface area contributed by atoms with E-state index < -0.39 is 141 Å². The maximum absolute atomic E-state index is 15.4. The third-order valence-corrected chi connectivity index (χ3v) is 27.1. The SMILES string of the molecule is COC(=O)c1cc(COOOOOC=O)cc(Oc2nc(NCCNc3nc(Nc4cc(Nc5ccc6c7c5C(=O)C5C=CC=CC5c7c(C(=O)c5cccc(C)c5)c(=O)n6C)c(C)cc4S(=O)(=O)OC)nc(Oc4cc(COOOOOC=O)cc(C(=O)OC)c4)n3)nc(Nc3cc(Nc4ccc5c6c4C(=O)C4C=CC=CC4c6c(C(=O)c4cccc(S(=O)(=O)OC)c4)c(=O)n5C)c(S(=O)(=O)OC)cc3C)n2)c1. The summed E-state index contributed by atoms with van der Waals surface area (Å²) in [7, 11) is -5.97. The Morgan fingerprint density at radius 2 is 0.819 bits per heavy atom. The number of esters is 2. The number of carbonyl (C=O) groups is 8. The third-order valence-electron chi connectivity index (χ3n) is 23.2. The number of hydrogen-bond acceptors (Lipinski definition) is 45. The van der Waals surface area contributed by atoms with E-state index >= 15 is 14.4 Å². The first-order valence-electron chi connectivity index (χ1n) is 42.6. The average molecular weight is 2030 g/mol. The number of allylic oxidation sites excluding steroid dienone is 8. The molecule has 0 saturated carbocycles. The highest BCUT2D eigenvalue weighted by Gasteiger charge is 2.44. The summed E-state index contributed by atoms with van der Waals surface area (Å²) in [5, 5.41) is 44.3. The van der Waals surface area contributed by atoms with Crippen LogP contribution in [0.1, 0.15) is 124 Å². The van der Waals surface area contributed by atoms with Gasteiger partial charge in [-0.3, -0.25) is 60.7 Å². The molecule has 8 aromatic carbocycles. The highest BCUT2D eigenvalue weighted by molar-refractivity contribution is 7.87. The molecule has 0 bridgehead atoms. The molecule has 0 amide bonds. The van der Waals surface area contributed by atoms with Crippen molar-refractivity contribution in [2.75, 3.05) is 80.5 Å². The summed E-state index contributed by atoms with van der Waals surface area (Å²) in [6.07, 6.45) is 13.4. The van der Waals surface area contributed by atoms with Crippen molar-refractivity contribution >= 4 is 158 Å². The molecule has 6 N–H and O–H groups in total. The van der Waals surface area contributed by atoms with Crippen molar-refractivity contribution in [2.24, 2.45) is 25.9 Å². The number of anilines is 10. The Morgan fingerprint density at radius 1 is 0.410 bits per heavy atom. The molecule has 47 nitrogen and oxygen atoms in total. The number of pyridine rings is 2. The Labute approximate surface area is 814 Å². The number of ketones is 4. The molecule has 4 heterocycles. The molecule has 12 aromatic rings. The van der Waals surface area contributed by atoms with Gasteiger partial charge in [0.15, 0.2) is 23.1 Å². The predicted molar refractivity (Wildman–Crippen MR) is 501 cm³/mol. The zero-order valence-corrected chi connectivity index (χ0v) is 79.3. The molecule has 4 aliphatic rings. The van der Waals surface area contributed by atoms with Gasteiger partial charge in [0.2, 0.25) is 23.8 Å². The van der Waals surface area contributed by atoms with E-state index in [-0.39, 0.29) is 178 Å². The monoisotopic (exact) mass is 2030 g/mol. The van der Waals surface area contributed by atoms with Crippen LogP contribution in [-0.2, 0) is 139 Å². The van der Waals surface area contributed by atoms with Crippen LogP contribution in [0.5, 0.6) is 23.5 Å². The normalized spacial score (nSPS) is 14.9. The lowest BCUT2D eigenvalue weighted by Crippen LogP contribution is -2.35. The van der Waals surface area contributed by atoms with E-state index in [4.69, 9.17) is 41.3 Å². The number of carbonyl (C=O) groups excluding carboxylic acids is 8. The number of nitrogens with zero attached hydrogens (tertiary/aromatic N) is 8. The number of fused-ring (bicyclic) bond motifs is 4. The van der Waals surface area contributed by atoms with Crippen LogP contribution < -0.4 is 52.5 Å². The van der Waals surface area contributed by atoms with E-state index in [0.717, 1.165) is 51.7 Å². The lowest BCUT2D eigenvalue weighted by molar-refractivity contribution is -0.698. The Morgan fingerprint density at radius 3 is 1.26 bits per heavy atom. The number of methoxy groups -OCH3 is 2. The van der Waals surface area contributed by atoms with Crippen LogP contribution in [0, 0.1) is 32.6 Å². The molecule has 0 aliphatic heterocycles. The van der Waals surface area contributed by atoms with Crippen molar-refractivity contribution in [3.8, 4) is 23.5 Å². The number of nitrogens with one attached hydrogen (secondary N) is 6. The number of Topliss-reactive ketones (excluding diaryl/α,β-unsaturated/α-hetero) is 2. The van der Waals surface area contributed by atoms with Gasteiger partial charge in [0.25, 0.3) is 41.5 Å². The second-order valence-corrected chi connectivity index (χ2v) is 36.9. The first kappa shape index (κ1) is 101. The minimum atomic E-state index is -4.74. The minimum absolute atomic E-state index is 0.0374. The van der Waals surface area contributed by atoms with Crippen molar-refractivity contribution in [3.63, 3.8) is 0 Å². The average Bonchev–Trinajstić information content (AvgIpc) is 0.707. The van der Waals surface area contributed by atoms with Crippen molar-refractivity contribution in [1.29, 1.82) is 0 Å². The summed E-state index contributed by atoms with van der Waals surface area (Å²) in [6.45, 7) is 3.06. The minimum Gasteiger partial charge on any atom is -0.465 e. The molecule has 0 fully saturated rings. The Balaban J connectivity index is 0.771. The van der Waals surface area contributed by atoms with Gasteiger partial charge >= 0.3 is 36.9 Å². The van der Waals surface area contributed by atoms with Crippen LogP contribution in [0.4, 0.5) is 57.9 Å². The van der Waals surface area contributed by atoms with Gasteiger partial charge in [-0.25, -0.2) is 9.59 Å². The summed E-state index contributed by atoms with van der Waals surface area (Å²) in [4.78, 5) is 182. The Bertz CT molecular complexity index is 7950. The fraction of sp³-hybridized carbons (Fsp3) is 0.191. The zero-order chi connectivity index (χ0) is 102. The van der Waals surface area contributed by atoms with Crippen LogP contribution in [-0.4, -0.2) is 161 Å². The number of ether oxygens (including phenoxy) is 4. The van der Waals surface area contributed by atoms with E-state index in [1.54, 1.807) is 85.9 Å². The highest BCUT2D eigenvalue weighted by Crippen LogP contribution is 2.51. The van der Waals surface area contributed by atoms with Crippen LogP contribution in [0.2, 0.25) is 0 Å². The number of aryl methyl sites for hydroxylation is 5. The van der Waals surface area contributed by atoms with Crippen molar-refractivity contribution in [2.45, 2.75) is 60.5 Å². The van der Waals surface area contributed by atoms with Crippen LogP contribution in [0.3, 0.4) is 0 Å². The molecule has 4 aromatic heterocycles. The molecule has 0 spiro atoms. The predicted octanol–water partition coefficient (Wildman–Crippen LogP) is 11.7. The Hall–Kier alpha value is -16.5. The highest BCUT2D eigenvalue weighted by atomic mass is 32.2. The molecule has 742 valence electrons. The van der Waals surface area contributed by atoms with Gasteiger partial charge in [0.1, 0.15) is 34.5 Å². The third kappa shape index (κ3) is 20.9. The molecule has 0 radical (unpaired) electrons. The van der Waals surface area contributed by atoms with E-state index in [2.05, 4.69) is 102 Å². The second-order valence-electron chi connectivity index (χ2n) is 31.8. The number of rotatable bonds is 43. The Kier molecular flexibility index (Phi) is 29.7. The van der Waals surface area contributed by atoms with Gasteiger partial charge in [-0.05, 0) is 167 Å². The molecule has 50 heteroatoms. The summed E-state index contributed by atoms with van der Waals surface area (Å²) < 4.78 is 123. The molecule has 144 heavy (non-hydrogen) atoms. The standard InChI is InChI=1S/C94H80N14O33S3/c1-47-17-15-18-52(31-47)81(111)79-73-59-21-11-13-23-61(59)83(113)75-63(25-27-69(77(73)75)107(4)85(79)115)97-65-41-68(72(32-48(65)2)144(123,124)129-10)100-92-102-90(104-94(106-92)135-57-37-51(35-55(39-57)88(118)126-7)44-131-137-141-139-133-46-110)96-30-29-95-89-101-91(105-93(103-89)134-56-36-50(34-54(38-56)87(117)125-6)43-130-136-140-138-132-45-109)99-66-42-67(71(33-49(66)3)143(121,122)128-9)98-64-26-28-70-78-74(60-22-12-14-24-62(60)84(114)76(64)78)80(86(116)108(70)5)82(112)53-19-16-20-58(40-53)142(119,120)127-8/h11-28,31-42,45-46,59-62,97-98H,29-30,43-44H2,1-10H3,(H2,95,99,101,103,105)(H2,96,100,102,104,106). The van der Waals surface area contributed by atoms with Gasteiger partial charge in [-0.15, -0.1) is 0 Å². The fourth-order valence-electron chi connectivity index (χ4n) is 16.7. The smallest absolute Gasteiger partial charge is 0.337 e. The molecule has 4 unspecified atom stereocenters. The first-order valence-corrected chi connectivity index (χ1v) is 46.9. The molecule has 0 saturated heterocycles. The molecule has 4 atom stereocenters. The summed E-state index contributed by atoms with van der Waals surface area (Å²) in [5.41, 5.74) is 0.0629. The van der Waals surface area contributed by atoms with Crippen molar-refractivity contribution in [3.05, 3.63) is 286 Å². The van der Waals surface area contributed by atoms with Gasteiger partial charge in [0.05, 0.1) is 119 Å². The maximum Gasteiger partial charge on any atom is 0.337 e. The lowest BCUT2D eigenvalue weighted by atomic mass is 9.70. The van der Waals surface area contributed by atoms with Crippen LogP contribution in [0.25, 0.3) is 21.8 Å². The van der Waals surface area contributed by atoms with E-state index in [9.17, 15) is 58.8 Å². The van der Waals surface area contributed by atoms with Gasteiger partial charge in [-0.1, -0.05) is 84.5 Å².